The van der Waals surface area contributed by atoms with Crippen molar-refractivity contribution in [1.82, 2.24) is 20.9 Å². The molecule has 0 bridgehead atoms. The Bertz CT molecular complexity index is 1100. The first-order valence-corrected chi connectivity index (χ1v) is 16.7. The van der Waals surface area contributed by atoms with Crippen LogP contribution in [0.1, 0.15) is 97.8 Å². The third-order valence-corrected chi connectivity index (χ3v) is 10.1. The number of methoxy groups -OCH3 is 1. The number of amides is 3. The Kier molecular flexibility index (Phi) is 10.2. The standard InChI is InChI=1S/C33H52N4O7/c1-32(2,3)44-31(41)35-25-15-9-7-5-6-8-12-21-19-33(21,30(40)42-4)36-28(38)26-18-22(20-37(26)29(25)39)43-27-16-17-34-24-14-11-10-13-23(24)27/h5-6,21-27,34H,7-20H2,1-4H3,(H,35,41)(H,36,38)/b6-5+/t21-,22?,23?,24?,25+,26+,27?,33-/m1/s1. The second-order valence-corrected chi connectivity index (χ2v) is 14.4. The van der Waals surface area contributed by atoms with Crippen molar-refractivity contribution in [2.75, 3.05) is 20.2 Å². The molecule has 8 atom stereocenters. The van der Waals surface area contributed by atoms with Crippen molar-refractivity contribution in [2.24, 2.45) is 11.8 Å². The number of ether oxygens (including phenoxy) is 3. The number of rotatable bonds is 4. The molecule has 5 rings (SSSR count). The monoisotopic (exact) mass is 616 g/mol. The van der Waals surface area contributed by atoms with Gasteiger partial charge in [0, 0.05) is 24.9 Å². The van der Waals surface area contributed by atoms with Gasteiger partial charge in [-0.2, -0.15) is 0 Å². The molecule has 4 unspecified atom stereocenters. The highest BCUT2D eigenvalue weighted by molar-refractivity contribution is 5.96. The Morgan fingerprint density at radius 2 is 1.80 bits per heavy atom. The van der Waals surface area contributed by atoms with Gasteiger partial charge in [-0.25, -0.2) is 9.59 Å². The maximum Gasteiger partial charge on any atom is 0.408 e. The van der Waals surface area contributed by atoms with Crippen LogP contribution in [0.2, 0.25) is 0 Å². The van der Waals surface area contributed by atoms with E-state index < -0.39 is 35.3 Å². The lowest BCUT2D eigenvalue weighted by Crippen LogP contribution is -2.56. The molecule has 4 fully saturated rings. The first-order chi connectivity index (χ1) is 21.0. The highest BCUT2D eigenvalue weighted by Gasteiger charge is 2.62. The number of esters is 1. The summed E-state index contributed by atoms with van der Waals surface area (Å²) in [6.07, 6.45) is 13.0. The second kappa shape index (κ2) is 13.8. The summed E-state index contributed by atoms with van der Waals surface area (Å²) in [5.41, 5.74) is -1.80. The van der Waals surface area contributed by atoms with Crippen LogP contribution in [0.4, 0.5) is 4.79 Å². The molecular formula is C33H52N4O7. The van der Waals surface area contributed by atoms with Crippen molar-refractivity contribution in [2.45, 2.75) is 139 Å². The fourth-order valence-electron chi connectivity index (χ4n) is 7.79. The number of nitrogens with one attached hydrogen (secondary N) is 3. The van der Waals surface area contributed by atoms with Crippen molar-refractivity contribution < 1.29 is 33.4 Å². The van der Waals surface area contributed by atoms with E-state index in [1.807, 2.05) is 0 Å². The predicted molar refractivity (Wildman–Crippen MR) is 164 cm³/mol. The van der Waals surface area contributed by atoms with E-state index in [0.717, 1.165) is 45.1 Å². The summed E-state index contributed by atoms with van der Waals surface area (Å²) >= 11 is 0. The molecule has 0 aromatic carbocycles. The number of fused-ring (bicyclic) bond motifs is 3. The number of nitrogens with zero attached hydrogens (tertiary/aromatic N) is 1. The number of hydrogen-bond donors (Lipinski definition) is 3. The molecule has 3 heterocycles. The van der Waals surface area contributed by atoms with Crippen LogP contribution < -0.4 is 16.0 Å². The highest BCUT2D eigenvalue weighted by Crippen LogP contribution is 2.48. The van der Waals surface area contributed by atoms with Gasteiger partial charge < -0.3 is 35.1 Å². The van der Waals surface area contributed by atoms with E-state index in [-0.39, 0.29) is 36.5 Å². The van der Waals surface area contributed by atoms with Crippen LogP contribution in [-0.2, 0) is 28.6 Å². The maximum absolute atomic E-state index is 14.2. The molecule has 2 aliphatic carbocycles. The van der Waals surface area contributed by atoms with Crippen LogP contribution in [0, 0.1) is 11.8 Å². The molecule has 11 nitrogen and oxygen atoms in total. The second-order valence-electron chi connectivity index (χ2n) is 14.4. The zero-order valence-corrected chi connectivity index (χ0v) is 26.9. The van der Waals surface area contributed by atoms with Gasteiger partial charge in [0.25, 0.3) is 0 Å². The zero-order valence-electron chi connectivity index (χ0n) is 26.9. The van der Waals surface area contributed by atoms with Crippen molar-refractivity contribution >= 4 is 23.9 Å². The Labute approximate surface area is 261 Å². The van der Waals surface area contributed by atoms with Gasteiger partial charge in [0.15, 0.2) is 0 Å². The Hall–Kier alpha value is -2.66. The fourth-order valence-corrected chi connectivity index (χ4v) is 7.79. The normalized spacial score (nSPS) is 37.2. The molecule has 3 amide bonds. The minimum atomic E-state index is -1.08. The smallest absolute Gasteiger partial charge is 0.408 e. The molecule has 0 radical (unpaired) electrons. The predicted octanol–water partition coefficient (Wildman–Crippen LogP) is 3.35. The zero-order chi connectivity index (χ0) is 31.5. The van der Waals surface area contributed by atoms with Crippen molar-refractivity contribution in [3.63, 3.8) is 0 Å². The van der Waals surface area contributed by atoms with E-state index in [0.29, 0.717) is 37.6 Å². The minimum absolute atomic E-state index is 0.0224. The van der Waals surface area contributed by atoms with E-state index in [4.69, 9.17) is 14.2 Å². The molecule has 246 valence electrons. The first-order valence-electron chi connectivity index (χ1n) is 16.7. The van der Waals surface area contributed by atoms with Crippen LogP contribution in [0.25, 0.3) is 0 Å². The van der Waals surface area contributed by atoms with Crippen LogP contribution in [0.15, 0.2) is 12.2 Å². The van der Waals surface area contributed by atoms with E-state index in [1.165, 1.54) is 20.0 Å². The molecular weight excluding hydrogens is 564 g/mol. The van der Waals surface area contributed by atoms with E-state index in [2.05, 4.69) is 28.1 Å². The SMILES string of the molecule is COC(=O)[C@@]12C[C@H]1CC/C=C/CCC[C@H](NC(=O)OC(C)(C)C)C(=O)N1CC(OC3CCNC4CCCCC43)C[C@H]1C(=O)N2. The minimum Gasteiger partial charge on any atom is -0.467 e. The average Bonchev–Trinajstić information content (AvgIpc) is 3.50. The van der Waals surface area contributed by atoms with Gasteiger partial charge in [0.2, 0.25) is 11.8 Å². The summed E-state index contributed by atoms with van der Waals surface area (Å²) in [5.74, 6) is -0.758. The number of hydrogen-bond acceptors (Lipinski definition) is 8. The Balaban J connectivity index is 1.39. The molecule has 2 saturated heterocycles. The molecule has 3 N–H and O–H groups in total. The van der Waals surface area contributed by atoms with Gasteiger partial charge in [-0.1, -0.05) is 25.0 Å². The molecule has 11 heteroatoms. The van der Waals surface area contributed by atoms with Gasteiger partial charge in [-0.3, -0.25) is 9.59 Å². The summed E-state index contributed by atoms with van der Waals surface area (Å²) in [6.45, 7) is 6.47. The van der Waals surface area contributed by atoms with Gasteiger partial charge >= 0.3 is 12.1 Å². The number of alkyl carbamates (subject to hydrolysis) is 1. The van der Waals surface area contributed by atoms with E-state index in [1.54, 1.807) is 25.7 Å². The van der Waals surface area contributed by atoms with Crippen molar-refractivity contribution in [1.29, 1.82) is 0 Å². The highest BCUT2D eigenvalue weighted by atomic mass is 16.6. The van der Waals surface area contributed by atoms with Gasteiger partial charge in [0.1, 0.15) is 23.2 Å². The quantitative estimate of drug-likeness (QED) is 0.323. The van der Waals surface area contributed by atoms with Gasteiger partial charge in [-0.15, -0.1) is 0 Å². The summed E-state index contributed by atoms with van der Waals surface area (Å²) in [7, 11) is 1.34. The number of carbonyl (C=O) groups excluding carboxylic acids is 4. The van der Waals surface area contributed by atoms with Crippen LogP contribution >= 0.6 is 0 Å². The maximum atomic E-state index is 14.2. The topological polar surface area (TPSA) is 135 Å². The Morgan fingerprint density at radius 3 is 2.57 bits per heavy atom. The van der Waals surface area contributed by atoms with Crippen LogP contribution in [-0.4, -0.2) is 90.4 Å². The van der Waals surface area contributed by atoms with E-state index in [9.17, 15) is 19.2 Å². The van der Waals surface area contributed by atoms with E-state index >= 15 is 0 Å². The third-order valence-electron chi connectivity index (χ3n) is 10.1. The summed E-state index contributed by atoms with van der Waals surface area (Å²) in [5, 5.41) is 9.48. The average molecular weight is 617 g/mol. The fraction of sp³-hybridized carbons (Fsp3) is 0.818. The lowest BCUT2D eigenvalue weighted by Gasteiger charge is -2.42. The van der Waals surface area contributed by atoms with Gasteiger partial charge in [-0.05, 0) is 91.0 Å². The van der Waals surface area contributed by atoms with Crippen molar-refractivity contribution in [3.8, 4) is 0 Å². The number of carbonyl (C=O) groups is 4. The molecule has 3 aliphatic heterocycles. The lowest BCUT2D eigenvalue weighted by atomic mass is 9.77. The molecule has 44 heavy (non-hydrogen) atoms. The van der Waals surface area contributed by atoms with Crippen molar-refractivity contribution in [3.05, 3.63) is 12.2 Å². The number of allylic oxidation sites excluding steroid dienone is 2. The molecule has 0 aromatic rings. The molecule has 0 spiro atoms. The van der Waals surface area contributed by atoms with Crippen LogP contribution in [0.3, 0.4) is 0 Å². The first kappa shape index (κ1) is 32.7. The van der Waals surface area contributed by atoms with Gasteiger partial charge in [0.05, 0.1) is 19.3 Å². The molecule has 2 saturated carbocycles. The molecule has 5 aliphatic rings. The summed E-state index contributed by atoms with van der Waals surface area (Å²) in [4.78, 5) is 55.6. The number of piperidine rings is 1. The van der Waals surface area contributed by atoms with Crippen LogP contribution in [0.5, 0.6) is 0 Å². The third kappa shape index (κ3) is 7.58. The lowest BCUT2D eigenvalue weighted by molar-refractivity contribution is -0.148. The summed E-state index contributed by atoms with van der Waals surface area (Å²) < 4.78 is 17.4. The largest absolute Gasteiger partial charge is 0.467 e. The Morgan fingerprint density at radius 1 is 1.02 bits per heavy atom. The summed E-state index contributed by atoms with van der Waals surface area (Å²) in [6, 6.07) is -1.24. The molecule has 0 aromatic heterocycles.